The van der Waals surface area contributed by atoms with Gasteiger partial charge in [-0.2, -0.15) is 0 Å². The molecule has 0 saturated carbocycles. The molecule has 2 aliphatic rings. The smallest absolute Gasteiger partial charge is 0.306 e. The highest BCUT2D eigenvalue weighted by molar-refractivity contribution is 6.76. The number of ether oxygens (including phenoxy) is 4. The lowest BCUT2D eigenvalue weighted by atomic mass is 9.95. The molecule has 2 aliphatic heterocycles. The van der Waals surface area contributed by atoms with Crippen LogP contribution in [0, 0.1) is 0 Å². The summed E-state index contributed by atoms with van der Waals surface area (Å²) in [6.45, 7) is 4.70. The van der Waals surface area contributed by atoms with Crippen molar-refractivity contribution in [1.82, 2.24) is 5.32 Å². The summed E-state index contributed by atoms with van der Waals surface area (Å²) in [5.41, 5.74) is 0. The molecule has 0 aliphatic carbocycles. The second kappa shape index (κ2) is 8.99. The predicted octanol–water partition coefficient (Wildman–Crippen LogP) is 0.991. The molecule has 2 heterocycles. The Kier molecular flexibility index (Phi) is 7.58. The lowest BCUT2D eigenvalue weighted by molar-refractivity contribution is -0.365. The number of esters is 1. The first kappa shape index (κ1) is 23.6. The van der Waals surface area contributed by atoms with Gasteiger partial charge in [0.25, 0.3) is 9.70 Å². The van der Waals surface area contributed by atoms with Crippen LogP contribution in [0.15, 0.2) is 0 Å². The highest BCUT2D eigenvalue weighted by atomic mass is 35.6. The molecule has 1 amide bonds. The molecule has 0 bridgehead atoms. The molecule has 0 aromatic rings. The van der Waals surface area contributed by atoms with E-state index >= 15 is 0 Å². The van der Waals surface area contributed by atoms with Gasteiger partial charge in [-0.1, -0.05) is 34.8 Å². The maximum absolute atomic E-state index is 12.2. The van der Waals surface area contributed by atoms with Crippen LogP contribution in [0.4, 0.5) is 0 Å². The number of alkyl halides is 3. The molecule has 2 N–H and O–H groups in total. The summed E-state index contributed by atoms with van der Waals surface area (Å²) in [6, 6.07) is -1.28. The van der Waals surface area contributed by atoms with Gasteiger partial charge in [0, 0.05) is 6.42 Å². The van der Waals surface area contributed by atoms with E-state index in [0.29, 0.717) is 0 Å². The summed E-state index contributed by atoms with van der Waals surface area (Å²) >= 11 is 16.7. The Hall–Kier alpha value is -0.680. The monoisotopic (exact) mass is 461 g/mol. The number of aliphatic hydroxyl groups excluding tert-OH is 1. The Morgan fingerprint density at radius 3 is 2.46 bits per heavy atom. The van der Waals surface area contributed by atoms with Crippen LogP contribution in [0.5, 0.6) is 0 Å². The van der Waals surface area contributed by atoms with E-state index < -0.39 is 52.1 Å². The molecule has 160 valence electrons. The van der Waals surface area contributed by atoms with Gasteiger partial charge in [-0.3, -0.25) is 9.59 Å². The molecule has 0 spiro atoms. The van der Waals surface area contributed by atoms with E-state index in [4.69, 9.17) is 53.8 Å². The van der Waals surface area contributed by atoms with Gasteiger partial charge >= 0.3 is 5.97 Å². The summed E-state index contributed by atoms with van der Waals surface area (Å²) in [5, 5.41) is 12.6. The van der Waals surface area contributed by atoms with Gasteiger partial charge in [0.2, 0.25) is 0 Å². The highest BCUT2D eigenvalue weighted by Crippen LogP contribution is 2.34. The first-order valence-corrected chi connectivity index (χ1v) is 9.65. The maximum atomic E-state index is 12.2. The van der Waals surface area contributed by atoms with E-state index in [9.17, 15) is 19.5 Å². The number of carbonyl (C=O) groups is 3. The van der Waals surface area contributed by atoms with Gasteiger partial charge in [0.15, 0.2) is 18.2 Å². The zero-order valence-corrected chi connectivity index (χ0v) is 17.7. The summed E-state index contributed by atoms with van der Waals surface area (Å²) in [6.07, 6.45) is -4.60. The van der Waals surface area contributed by atoms with E-state index in [0.717, 1.165) is 0 Å². The molecule has 0 unspecified atom stereocenters. The minimum absolute atomic E-state index is 0.0145. The van der Waals surface area contributed by atoms with Crippen molar-refractivity contribution in [2.45, 2.75) is 73.8 Å². The maximum Gasteiger partial charge on any atom is 0.306 e. The van der Waals surface area contributed by atoms with Gasteiger partial charge in [-0.15, -0.1) is 0 Å². The van der Waals surface area contributed by atoms with Crippen LogP contribution in [-0.2, 0) is 33.3 Å². The number of amides is 1. The van der Waals surface area contributed by atoms with Crippen molar-refractivity contribution < 1.29 is 38.4 Å². The molecule has 9 nitrogen and oxygen atoms in total. The number of nitrogens with one attached hydrogen (secondary N) is 1. The second-order valence-electron chi connectivity index (χ2n) is 7.01. The van der Waals surface area contributed by atoms with E-state index in [1.807, 2.05) is 0 Å². The average Bonchev–Trinajstić information content (AvgIpc) is 2.55. The molecule has 0 aromatic carbocycles. The third-order valence-electron chi connectivity index (χ3n) is 4.18. The molecular weight excluding hydrogens is 441 g/mol. The number of fused-ring (bicyclic) bond motifs is 1. The average molecular weight is 463 g/mol. The Balaban J connectivity index is 2.25. The van der Waals surface area contributed by atoms with Crippen LogP contribution in [0.2, 0.25) is 0 Å². The molecule has 2 rings (SSSR count). The van der Waals surface area contributed by atoms with Crippen LogP contribution >= 0.6 is 34.8 Å². The second-order valence-corrected chi connectivity index (χ2v) is 9.29. The quantitative estimate of drug-likeness (QED) is 0.458. The first-order valence-electron chi connectivity index (χ1n) is 8.52. The summed E-state index contributed by atoms with van der Waals surface area (Å²) < 4.78 is 19.9. The van der Waals surface area contributed by atoms with Gasteiger partial charge in [-0.05, 0) is 20.8 Å². The molecule has 12 heteroatoms. The number of halogens is 3. The molecule has 5 atom stereocenters. The Morgan fingerprint density at radius 2 is 1.89 bits per heavy atom. The Labute approximate surface area is 176 Å². The van der Waals surface area contributed by atoms with Crippen molar-refractivity contribution >= 4 is 52.5 Å². The number of ketones is 1. The molecule has 2 saturated heterocycles. The lowest BCUT2D eigenvalue weighted by Crippen LogP contribution is -2.69. The van der Waals surface area contributed by atoms with E-state index in [-0.39, 0.29) is 25.2 Å². The molecule has 0 radical (unpaired) electrons. The fourth-order valence-electron chi connectivity index (χ4n) is 2.86. The number of rotatable bonds is 5. The number of aliphatic hydroxyl groups is 1. The predicted molar refractivity (Wildman–Crippen MR) is 97.8 cm³/mol. The summed E-state index contributed by atoms with van der Waals surface area (Å²) in [7, 11) is 0. The van der Waals surface area contributed by atoms with Gasteiger partial charge in [0.05, 0.1) is 13.0 Å². The van der Waals surface area contributed by atoms with E-state index in [2.05, 4.69) is 5.32 Å². The normalized spacial score (nSPS) is 32.2. The van der Waals surface area contributed by atoms with Crippen molar-refractivity contribution in [2.24, 2.45) is 0 Å². The zero-order valence-electron chi connectivity index (χ0n) is 15.4. The molecular formula is C16H22Cl3NO8. The number of carbonyl (C=O) groups excluding carboxylic acids is 3. The van der Waals surface area contributed by atoms with Crippen LogP contribution < -0.4 is 5.32 Å². The highest BCUT2D eigenvalue weighted by Gasteiger charge is 2.54. The number of Topliss-reactive ketones (excluding diaryl/α,β-unsaturated/α-hetero) is 1. The third kappa shape index (κ3) is 6.16. The lowest BCUT2D eigenvalue weighted by Gasteiger charge is -2.49. The van der Waals surface area contributed by atoms with Crippen molar-refractivity contribution in [2.75, 3.05) is 6.61 Å². The number of hydrogen-bond acceptors (Lipinski definition) is 8. The standard InChI is InChI=1S/C16H22Cl3NO8/c1-7(21)4-5-9(22)27-12-10(20-14(24)16(17,18)19)13(23)26-8-6-25-15(2,3)28-11(8)12/h8,10-13,23H,4-6H2,1-3H3,(H,20,24)/t8-,10-,11-,12-,13+/m1/s1. The van der Waals surface area contributed by atoms with Crippen LogP contribution in [0.25, 0.3) is 0 Å². The Bertz CT molecular complexity index is 624. The van der Waals surface area contributed by atoms with Crippen molar-refractivity contribution in [3.8, 4) is 0 Å². The van der Waals surface area contributed by atoms with E-state index in [1.54, 1.807) is 13.8 Å². The van der Waals surface area contributed by atoms with Crippen molar-refractivity contribution in [1.29, 1.82) is 0 Å². The summed E-state index contributed by atoms with van der Waals surface area (Å²) in [5.74, 6) is -2.97. The largest absolute Gasteiger partial charge is 0.457 e. The van der Waals surface area contributed by atoms with Crippen LogP contribution in [0.3, 0.4) is 0 Å². The fourth-order valence-corrected chi connectivity index (χ4v) is 3.02. The van der Waals surface area contributed by atoms with E-state index in [1.165, 1.54) is 6.92 Å². The fraction of sp³-hybridized carbons (Fsp3) is 0.812. The van der Waals surface area contributed by atoms with Crippen LogP contribution in [0.1, 0.15) is 33.6 Å². The summed E-state index contributed by atoms with van der Waals surface area (Å²) in [4.78, 5) is 35.4. The van der Waals surface area contributed by atoms with Gasteiger partial charge in [0.1, 0.15) is 24.0 Å². The molecule has 2 fully saturated rings. The topological polar surface area (TPSA) is 120 Å². The zero-order chi connectivity index (χ0) is 21.3. The minimum atomic E-state index is -2.31. The minimum Gasteiger partial charge on any atom is -0.457 e. The molecule has 0 aromatic heterocycles. The first-order chi connectivity index (χ1) is 12.8. The van der Waals surface area contributed by atoms with Crippen LogP contribution in [-0.4, -0.2) is 69.6 Å². The van der Waals surface area contributed by atoms with Crippen molar-refractivity contribution in [3.63, 3.8) is 0 Å². The SMILES string of the molecule is CC(=O)CCC(=O)O[C@@H]1[C@@H](NC(=O)C(Cl)(Cl)Cl)[C@@H](O)O[C@@H]2COC(C)(C)O[C@@H]12. The Morgan fingerprint density at radius 1 is 1.25 bits per heavy atom. The molecule has 28 heavy (non-hydrogen) atoms. The van der Waals surface area contributed by atoms with Gasteiger partial charge < -0.3 is 34.2 Å². The third-order valence-corrected chi connectivity index (χ3v) is 4.70. The van der Waals surface area contributed by atoms with Gasteiger partial charge in [-0.25, -0.2) is 0 Å². The number of hydrogen-bond donors (Lipinski definition) is 2. The van der Waals surface area contributed by atoms with Crippen molar-refractivity contribution in [3.05, 3.63) is 0 Å².